The van der Waals surface area contributed by atoms with Gasteiger partial charge in [0.15, 0.2) is 0 Å². The van der Waals surface area contributed by atoms with Crippen LogP contribution < -0.4 is 0 Å². The van der Waals surface area contributed by atoms with Crippen LogP contribution >= 0.6 is 0 Å². The Morgan fingerprint density at radius 3 is 2.36 bits per heavy atom. The van der Waals surface area contributed by atoms with Gasteiger partial charge in [0.1, 0.15) is 5.75 Å². The van der Waals surface area contributed by atoms with E-state index in [0.29, 0.717) is 11.1 Å². The molecule has 0 aliphatic heterocycles. The second-order valence-corrected chi connectivity index (χ2v) is 3.01. The standard InChI is InChI=1S/C10H9F3O/c1-6(2)7-3-4-9(14)8(5-7)10(11,12)13/h3-5,14H,1H2,2H3. The van der Waals surface area contributed by atoms with Crippen molar-refractivity contribution in [1.29, 1.82) is 0 Å². The van der Waals surface area contributed by atoms with Crippen molar-refractivity contribution in [3.63, 3.8) is 0 Å². The lowest BCUT2D eigenvalue weighted by Gasteiger charge is -2.10. The van der Waals surface area contributed by atoms with Gasteiger partial charge in [-0.2, -0.15) is 13.2 Å². The highest BCUT2D eigenvalue weighted by atomic mass is 19.4. The van der Waals surface area contributed by atoms with Gasteiger partial charge in [-0.15, -0.1) is 0 Å². The van der Waals surface area contributed by atoms with Crippen LogP contribution in [0.15, 0.2) is 24.8 Å². The number of halogens is 3. The van der Waals surface area contributed by atoms with E-state index < -0.39 is 17.5 Å². The lowest BCUT2D eigenvalue weighted by molar-refractivity contribution is -0.138. The Hall–Kier alpha value is -1.45. The number of rotatable bonds is 1. The molecule has 1 rings (SSSR count). The van der Waals surface area contributed by atoms with Gasteiger partial charge in [0.25, 0.3) is 0 Å². The normalized spacial score (nSPS) is 11.4. The van der Waals surface area contributed by atoms with Gasteiger partial charge < -0.3 is 5.11 Å². The van der Waals surface area contributed by atoms with Crippen LogP contribution in [0.3, 0.4) is 0 Å². The minimum Gasteiger partial charge on any atom is -0.507 e. The molecule has 0 radical (unpaired) electrons. The molecule has 0 saturated heterocycles. The molecule has 0 unspecified atom stereocenters. The second-order valence-electron chi connectivity index (χ2n) is 3.01. The third-order valence-corrected chi connectivity index (χ3v) is 1.79. The average molecular weight is 202 g/mol. The van der Waals surface area contributed by atoms with Gasteiger partial charge >= 0.3 is 6.18 Å². The van der Waals surface area contributed by atoms with Crippen LogP contribution in [0.4, 0.5) is 13.2 Å². The number of phenols is 1. The van der Waals surface area contributed by atoms with Crippen molar-refractivity contribution >= 4 is 5.57 Å². The number of aromatic hydroxyl groups is 1. The van der Waals surface area contributed by atoms with Crippen LogP contribution in [0, 0.1) is 0 Å². The topological polar surface area (TPSA) is 20.2 Å². The lowest BCUT2D eigenvalue weighted by Crippen LogP contribution is -2.05. The molecule has 0 fully saturated rings. The van der Waals surface area contributed by atoms with Crippen molar-refractivity contribution in [3.05, 3.63) is 35.9 Å². The maximum atomic E-state index is 12.3. The maximum Gasteiger partial charge on any atom is 0.419 e. The molecule has 1 aromatic rings. The van der Waals surface area contributed by atoms with Crippen molar-refractivity contribution in [2.75, 3.05) is 0 Å². The minimum absolute atomic E-state index is 0.370. The molecule has 0 atom stereocenters. The molecule has 0 bridgehead atoms. The molecule has 14 heavy (non-hydrogen) atoms. The highest BCUT2D eigenvalue weighted by Crippen LogP contribution is 2.36. The van der Waals surface area contributed by atoms with Gasteiger partial charge in [-0.3, -0.25) is 0 Å². The summed E-state index contributed by atoms with van der Waals surface area (Å²) in [6, 6.07) is 3.30. The van der Waals surface area contributed by atoms with E-state index >= 15 is 0 Å². The molecule has 1 aromatic carbocycles. The van der Waals surface area contributed by atoms with Crippen LogP contribution in [0.5, 0.6) is 5.75 Å². The summed E-state index contributed by atoms with van der Waals surface area (Å²) >= 11 is 0. The Balaban J connectivity index is 3.29. The minimum atomic E-state index is -4.53. The monoisotopic (exact) mass is 202 g/mol. The predicted molar refractivity (Wildman–Crippen MR) is 47.8 cm³/mol. The van der Waals surface area contributed by atoms with Crippen LogP contribution in [-0.4, -0.2) is 5.11 Å². The summed E-state index contributed by atoms with van der Waals surface area (Å²) < 4.78 is 36.9. The first-order chi connectivity index (χ1) is 6.32. The largest absolute Gasteiger partial charge is 0.507 e. The summed E-state index contributed by atoms with van der Waals surface area (Å²) in [6.07, 6.45) is -4.53. The Labute approximate surface area is 79.5 Å². The molecule has 0 aliphatic carbocycles. The molecule has 0 amide bonds. The van der Waals surface area contributed by atoms with E-state index in [-0.39, 0.29) is 0 Å². The number of benzene rings is 1. The summed E-state index contributed by atoms with van der Waals surface area (Å²) in [4.78, 5) is 0. The molecule has 0 heterocycles. The van der Waals surface area contributed by atoms with Gasteiger partial charge in [-0.25, -0.2) is 0 Å². The van der Waals surface area contributed by atoms with E-state index in [2.05, 4.69) is 6.58 Å². The van der Waals surface area contributed by atoms with Gasteiger partial charge in [0, 0.05) is 0 Å². The predicted octanol–water partition coefficient (Wildman–Crippen LogP) is 3.44. The fourth-order valence-electron chi connectivity index (χ4n) is 1.03. The highest BCUT2D eigenvalue weighted by Gasteiger charge is 2.33. The molecule has 4 heteroatoms. The Morgan fingerprint density at radius 1 is 1.36 bits per heavy atom. The first-order valence-electron chi connectivity index (χ1n) is 3.88. The molecular weight excluding hydrogens is 193 g/mol. The summed E-state index contributed by atoms with van der Waals surface area (Å²) in [5.41, 5.74) is -0.136. The zero-order valence-electron chi connectivity index (χ0n) is 7.52. The fourth-order valence-corrected chi connectivity index (χ4v) is 1.03. The van der Waals surface area contributed by atoms with Crippen LogP contribution in [0.1, 0.15) is 18.1 Å². The number of hydrogen-bond donors (Lipinski definition) is 1. The van der Waals surface area contributed by atoms with Gasteiger partial charge in [-0.05, 0) is 24.6 Å². The van der Waals surface area contributed by atoms with Gasteiger partial charge in [0.05, 0.1) is 5.56 Å². The summed E-state index contributed by atoms with van der Waals surface area (Å²) in [7, 11) is 0. The Kier molecular flexibility index (Phi) is 2.55. The SMILES string of the molecule is C=C(C)c1ccc(O)c(C(F)(F)F)c1. The number of hydrogen-bond acceptors (Lipinski definition) is 1. The molecule has 0 saturated carbocycles. The molecule has 1 nitrogen and oxygen atoms in total. The average Bonchev–Trinajstić information content (AvgIpc) is 2.02. The van der Waals surface area contributed by atoms with Crippen LogP contribution in [0.2, 0.25) is 0 Å². The molecule has 76 valence electrons. The Morgan fingerprint density at radius 2 is 1.93 bits per heavy atom. The van der Waals surface area contributed by atoms with Gasteiger partial charge in [-0.1, -0.05) is 18.2 Å². The summed E-state index contributed by atoms with van der Waals surface area (Å²) in [5, 5.41) is 9.00. The van der Waals surface area contributed by atoms with E-state index in [1.165, 1.54) is 6.07 Å². The number of alkyl halides is 3. The van der Waals surface area contributed by atoms with Crippen molar-refractivity contribution in [1.82, 2.24) is 0 Å². The van der Waals surface area contributed by atoms with Crippen molar-refractivity contribution < 1.29 is 18.3 Å². The fraction of sp³-hybridized carbons (Fsp3) is 0.200. The highest BCUT2D eigenvalue weighted by molar-refractivity contribution is 5.63. The van der Waals surface area contributed by atoms with Crippen molar-refractivity contribution in [2.24, 2.45) is 0 Å². The molecule has 0 aliphatic rings. The maximum absolute atomic E-state index is 12.3. The quantitative estimate of drug-likeness (QED) is 0.739. The molecule has 1 N–H and O–H groups in total. The van der Waals surface area contributed by atoms with E-state index in [1.807, 2.05) is 0 Å². The number of allylic oxidation sites excluding steroid dienone is 1. The van der Waals surface area contributed by atoms with Crippen molar-refractivity contribution in [2.45, 2.75) is 13.1 Å². The zero-order valence-corrected chi connectivity index (χ0v) is 7.52. The lowest BCUT2D eigenvalue weighted by atomic mass is 10.0. The first kappa shape index (κ1) is 10.6. The third kappa shape index (κ3) is 2.07. The van der Waals surface area contributed by atoms with E-state index in [0.717, 1.165) is 12.1 Å². The van der Waals surface area contributed by atoms with Crippen molar-refractivity contribution in [3.8, 4) is 5.75 Å². The molecule has 0 spiro atoms. The third-order valence-electron chi connectivity index (χ3n) is 1.79. The van der Waals surface area contributed by atoms with E-state index in [1.54, 1.807) is 6.92 Å². The number of phenolic OH excluding ortho intramolecular Hbond substituents is 1. The molecular formula is C10H9F3O. The summed E-state index contributed by atoms with van der Waals surface area (Å²) in [6.45, 7) is 5.13. The van der Waals surface area contributed by atoms with Gasteiger partial charge in [0.2, 0.25) is 0 Å². The second kappa shape index (κ2) is 3.36. The zero-order chi connectivity index (χ0) is 10.9. The smallest absolute Gasteiger partial charge is 0.419 e. The van der Waals surface area contributed by atoms with Crippen LogP contribution in [-0.2, 0) is 6.18 Å². The Bertz CT molecular complexity index is 366. The van der Waals surface area contributed by atoms with E-state index in [9.17, 15) is 13.2 Å². The molecule has 0 aromatic heterocycles. The van der Waals surface area contributed by atoms with E-state index in [4.69, 9.17) is 5.11 Å². The first-order valence-corrected chi connectivity index (χ1v) is 3.88. The summed E-state index contributed by atoms with van der Waals surface area (Å²) in [5.74, 6) is -0.762. The van der Waals surface area contributed by atoms with Crippen LogP contribution in [0.25, 0.3) is 5.57 Å².